The molecule has 2 aromatic carbocycles. The Morgan fingerprint density at radius 1 is 1.00 bits per heavy atom. The molecule has 170 valence electrons. The highest BCUT2D eigenvalue weighted by atomic mass is 32.1. The number of likely N-dealkylation sites (tertiary alicyclic amines) is 1. The lowest BCUT2D eigenvalue weighted by molar-refractivity contribution is -0.121. The maximum atomic E-state index is 12.6. The number of benzene rings is 2. The molecule has 6 heteroatoms. The summed E-state index contributed by atoms with van der Waals surface area (Å²) in [6.45, 7) is 4.05. The van der Waals surface area contributed by atoms with Crippen LogP contribution in [0.2, 0.25) is 0 Å². The zero-order valence-corrected chi connectivity index (χ0v) is 19.6. The number of amides is 1. The van der Waals surface area contributed by atoms with Crippen LogP contribution in [0.3, 0.4) is 0 Å². The first-order valence-electron chi connectivity index (χ1n) is 11.8. The number of carbonyl (C=O) groups excluding carboxylic acids is 1. The van der Waals surface area contributed by atoms with Crippen molar-refractivity contribution in [3.8, 4) is 5.69 Å². The first kappa shape index (κ1) is 21.9. The van der Waals surface area contributed by atoms with Crippen molar-refractivity contribution in [3.63, 3.8) is 0 Å². The summed E-state index contributed by atoms with van der Waals surface area (Å²) in [5.41, 5.74) is 3.12. The van der Waals surface area contributed by atoms with Gasteiger partial charge in [-0.15, -0.1) is 11.3 Å². The molecular weight excluding hydrogens is 428 g/mol. The lowest BCUT2D eigenvalue weighted by Crippen LogP contribution is -2.38. The van der Waals surface area contributed by atoms with Gasteiger partial charge in [0.15, 0.2) is 0 Å². The molecule has 2 aromatic heterocycles. The van der Waals surface area contributed by atoms with Gasteiger partial charge in [0.25, 0.3) is 0 Å². The molecule has 3 heterocycles. The van der Waals surface area contributed by atoms with Crippen LogP contribution in [0.15, 0.2) is 72.1 Å². The van der Waals surface area contributed by atoms with Crippen molar-refractivity contribution in [2.45, 2.75) is 32.2 Å². The quantitative estimate of drug-likeness (QED) is 0.402. The number of imidazole rings is 1. The van der Waals surface area contributed by atoms with Crippen molar-refractivity contribution >= 4 is 28.3 Å². The fourth-order valence-corrected chi connectivity index (χ4v) is 5.40. The summed E-state index contributed by atoms with van der Waals surface area (Å²) in [6, 6.07) is 22.7. The number of thiophene rings is 1. The molecular formula is C27H30N4OS. The minimum atomic E-state index is 0.114. The molecule has 1 aliphatic heterocycles. The molecule has 0 radical (unpaired) electrons. The largest absolute Gasteiger partial charge is 0.356 e. The number of nitrogens with zero attached hydrogens (tertiary/aromatic N) is 3. The smallest absolute Gasteiger partial charge is 0.220 e. The Labute approximate surface area is 199 Å². The van der Waals surface area contributed by atoms with E-state index in [1.807, 2.05) is 47.7 Å². The molecule has 0 unspecified atom stereocenters. The Morgan fingerprint density at radius 3 is 2.58 bits per heavy atom. The highest BCUT2D eigenvalue weighted by Crippen LogP contribution is 2.23. The minimum Gasteiger partial charge on any atom is -0.356 e. The first-order valence-corrected chi connectivity index (χ1v) is 12.7. The van der Waals surface area contributed by atoms with Gasteiger partial charge >= 0.3 is 0 Å². The molecule has 33 heavy (non-hydrogen) atoms. The molecule has 5 nitrogen and oxygen atoms in total. The van der Waals surface area contributed by atoms with E-state index in [2.05, 4.69) is 50.5 Å². The van der Waals surface area contributed by atoms with Crippen LogP contribution in [-0.4, -0.2) is 40.0 Å². The van der Waals surface area contributed by atoms with E-state index in [0.29, 0.717) is 18.8 Å². The predicted molar refractivity (Wildman–Crippen MR) is 135 cm³/mol. The molecule has 0 saturated carbocycles. The summed E-state index contributed by atoms with van der Waals surface area (Å²) in [5, 5.41) is 5.33. The number of fused-ring (bicyclic) bond motifs is 1. The fourth-order valence-electron chi connectivity index (χ4n) is 4.65. The third-order valence-electron chi connectivity index (χ3n) is 6.47. The van der Waals surface area contributed by atoms with Gasteiger partial charge in [-0.2, -0.15) is 0 Å². The van der Waals surface area contributed by atoms with Crippen molar-refractivity contribution in [2.75, 3.05) is 19.6 Å². The number of nitrogens with one attached hydrogen (secondary N) is 1. The van der Waals surface area contributed by atoms with Crippen molar-refractivity contribution in [2.24, 2.45) is 5.92 Å². The van der Waals surface area contributed by atoms with E-state index in [9.17, 15) is 4.79 Å². The highest BCUT2D eigenvalue weighted by Gasteiger charge is 2.20. The Hall–Kier alpha value is -2.96. The van der Waals surface area contributed by atoms with Gasteiger partial charge in [-0.1, -0.05) is 36.4 Å². The van der Waals surface area contributed by atoms with Crippen LogP contribution in [0.1, 0.15) is 30.0 Å². The Morgan fingerprint density at radius 2 is 1.79 bits per heavy atom. The van der Waals surface area contributed by atoms with Gasteiger partial charge in [0.1, 0.15) is 5.82 Å². The summed E-state index contributed by atoms with van der Waals surface area (Å²) in [6.07, 6.45) is 3.37. The molecule has 1 saturated heterocycles. The van der Waals surface area contributed by atoms with E-state index in [0.717, 1.165) is 61.6 Å². The maximum Gasteiger partial charge on any atom is 0.220 e. The van der Waals surface area contributed by atoms with E-state index in [1.54, 1.807) is 0 Å². The summed E-state index contributed by atoms with van der Waals surface area (Å²) >= 11 is 1.83. The highest BCUT2D eigenvalue weighted by molar-refractivity contribution is 7.09. The Bertz CT molecular complexity index is 1180. The molecule has 0 aliphatic carbocycles. The predicted octanol–water partition coefficient (Wildman–Crippen LogP) is 5.05. The molecule has 4 aromatic rings. The van der Waals surface area contributed by atoms with E-state index in [4.69, 9.17) is 4.98 Å². The van der Waals surface area contributed by atoms with Crippen molar-refractivity contribution in [1.29, 1.82) is 0 Å². The number of para-hydroxylation sites is 3. The lowest BCUT2D eigenvalue weighted by Gasteiger charge is -2.31. The number of aromatic nitrogens is 2. The molecule has 1 fully saturated rings. The number of carbonyl (C=O) groups is 1. The van der Waals surface area contributed by atoms with E-state index in [1.165, 1.54) is 4.88 Å². The molecule has 0 bridgehead atoms. The second kappa shape index (κ2) is 10.3. The van der Waals surface area contributed by atoms with Crippen LogP contribution in [0.4, 0.5) is 0 Å². The zero-order chi connectivity index (χ0) is 22.5. The van der Waals surface area contributed by atoms with Crippen molar-refractivity contribution in [3.05, 3.63) is 82.8 Å². The SMILES string of the molecule is O=C(CCc1nc2ccccc2n1-c1ccccc1)NCC1CCN(Cc2cccs2)CC1. The molecule has 1 N–H and O–H groups in total. The normalized spacial score (nSPS) is 15.2. The van der Waals surface area contributed by atoms with Gasteiger partial charge in [0.05, 0.1) is 11.0 Å². The summed E-state index contributed by atoms with van der Waals surface area (Å²) in [7, 11) is 0. The average Bonchev–Trinajstić information content (AvgIpc) is 3.50. The number of hydrogen-bond acceptors (Lipinski definition) is 4. The minimum absolute atomic E-state index is 0.114. The van der Waals surface area contributed by atoms with Gasteiger partial charge < -0.3 is 5.32 Å². The number of aryl methyl sites for hydroxylation is 1. The monoisotopic (exact) mass is 458 g/mol. The number of piperidine rings is 1. The first-order chi connectivity index (χ1) is 16.3. The second-order valence-electron chi connectivity index (χ2n) is 8.79. The molecule has 1 amide bonds. The van der Waals surface area contributed by atoms with Gasteiger partial charge in [-0.3, -0.25) is 14.3 Å². The Kier molecular flexibility index (Phi) is 6.84. The summed E-state index contributed by atoms with van der Waals surface area (Å²) < 4.78 is 2.17. The Balaban J connectivity index is 1.14. The van der Waals surface area contributed by atoms with Crippen LogP contribution in [0.25, 0.3) is 16.7 Å². The fraction of sp³-hybridized carbons (Fsp3) is 0.333. The van der Waals surface area contributed by atoms with Crippen molar-refractivity contribution < 1.29 is 4.79 Å². The van der Waals surface area contributed by atoms with Gasteiger partial charge in [-0.25, -0.2) is 4.98 Å². The van der Waals surface area contributed by atoms with Crippen LogP contribution in [-0.2, 0) is 17.8 Å². The van der Waals surface area contributed by atoms with Crippen LogP contribution in [0.5, 0.6) is 0 Å². The van der Waals surface area contributed by atoms with Crippen LogP contribution < -0.4 is 5.32 Å². The summed E-state index contributed by atoms with van der Waals surface area (Å²) in [5.74, 6) is 1.62. The van der Waals surface area contributed by atoms with Crippen LogP contribution >= 0.6 is 11.3 Å². The lowest BCUT2D eigenvalue weighted by atomic mass is 9.96. The van der Waals surface area contributed by atoms with Crippen LogP contribution in [0, 0.1) is 5.92 Å². The van der Waals surface area contributed by atoms with Gasteiger partial charge in [-0.05, 0) is 67.6 Å². The number of rotatable bonds is 8. The average molecular weight is 459 g/mol. The third kappa shape index (κ3) is 5.34. The van der Waals surface area contributed by atoms with E-state index in [-0.39, 0.29) is 5.91 Å². The number of hydrogen-bond donors (Lipinski definition) is 1. The van der Waals surface area contributed by atoms with Crippen molar-refractivity contribution in [1.82, 2.24) is 19.8 Å². The zero-order valence-electron chi connectivity index (χ0n) is 18.8. The van der Waals surface area contributed by atoms with Gasteiger partial charge in [0.2, 0.25) is 5.91 Å². The second-order valence-corrected chi connectivity index (χ2v) is 9.82. The van der Waals surface area contributed by atoms with E-state index >= 15 is 0 Å². The molecule has 5 rings (SSSR count). The molecule has 0 atom stereocenters. The maximum absolute atomic E-state index is 12.6. The van der Waals surface area contributed by atoms with E-state index < -0.39 is 0 Å². The topological polar surface area (TPSA) is 50.2 Å². The van der Waals surface area contributed by atoms with Gasteiger partial charge in [0, 0.05) is 36.5 Å². The summed E-state index contributed by atoms with van der Waals surface area (Å²) in [4.78, 5) is 21.4. The molecule has 0 spiro atoms. The third-order valence-corrected chi connectivity index (χ3v) is 7.34. The standard InChI is InChI=1S/C27H30N4OS/c32-27(28-19-21-14-16-30(17-15-21)20-23-9-6-18-33-23)13-12-26-29-24-10-4-5-11-25(24)31(26)22-7-2-1-3-8-22/h1-11,18,21H,12-17,19-20H2,(H,28,32). The molecule has 1 aliphatic rings.